The number of benzene rings is 1. The summed E-state index contributed by atoms with van der Waals surface area (Å²) in [5.41, 5.74) is 0.905. The third-order valence-corrected chi connectivity index (χ3v) is 5.92. The van der Waals surface area contributed by atoms with Crippen LogP contribution in [0.15, 0.2) is 27.5 Å². The smallest absolute Gasteiger partial charge is 0.261 e. The molecule has 0 spiro atoms. The van der Waals surface area contributed by atoms with Crippen LogP contribution in [0.1, 0.15) is 58.2 Å². The number of hydrogen-bond donors (Lipinski definition) is 1. The lowest BCUT2D eigenvalue weighted by atomic mass is 9.79. The summed E-state index contributed by atoms with van der Waals surface area (Å²) >= 11 is 3.47. The van der Waals surface area contributed by atoms with Gasteiger partial charge in [-0.25, -0.2) is 4.98 Å². The summed E-state index contributed by atoms with van der Waals surface area (Å²) in [5.74, 6) is 1.94. The van der Waals surface area contributed by atoms with Crippen molar-refractivity contribution in [3.63, 3.8) is 0 Å². The Labute approximate surface area is 158 Å². The number of rotatable bonds is 5. The first kappa shape index (κ1) is 18.6. The van der Waals surface area contributed by atoms with Gasteiger partial charge in [-0.15, -0.1) is 0 Å². The molecule has 3 rings (SSSR count). The van der Waals surface area contributed by atoms with Crippen molar-refractivity contribution < 1.29 is 0 Å². The van der Waals surface area contributed by atoms with E-state index in [0.29, 0.717) is 29.8 Å². The van der Waals surface area contributed by atoms with Gasteiger partial charge in [0.2, 0.25) is 0 Å². The van der Waals surface area contributed by atoms with Crippen molar-refractivity contribution in [2.45, 2.75) is 65.0 Å². The van der Waals surface area contributed by atoms with Gasteiger partial charge in [-0.3, -0.25) is 9.36 Å². The highest BCUT2D eigenvalue weighted by Crippen LogP contribution is 2.35. The summed E-state index contributed by atoms with van der Waals surface area (Å²) in [6, 6.07) is 6.35. The van der Waals surface area contributed by atoms with Crippen molar-refractivity contribution in [2.24, 2.45) is 5.92 Å². The third-order valence-electron chi connectivity index (χ3n) is 5.43. The van der Waals surface area contributed by atoms with Gasteiger partial charge in [0, 0.05) is 23.0 Å². The van der Waals surface area contributed by atoms with Crippen molar-refractivity contribution >= 4 is 26.8 Å². The van der Waals surface area contributed by atoms with E-state index in [1.54, 1.807) is 0 Å². The molecule has 1 aromatic heterocycles. The van der Waals surface area contributed by atoms with E-state index in [-0.39, 0.29) is 5.56 Å². The van der Waals surface area contributed by atoms with E-state index in [1.807, 2.05) is 29.7 Å². The van der Waals surface area contributed by atoms with Crippen LogP contribution in [0.5, 0.6) is 0 Å². The molecule has 0 aliphatic carbocycles. The van der Waals surface area contributed by atoms with Crippen molar-refractivity contribution in [1.82, 2.24) is 14.9 Å². The number of nitrogens with one attached hydrogen (secondary N) is 1. The molecule has 2 aromatic rings. The molecule has 1 aliphatic heterocycles. The zero-order chi connectivity index (χ0) is 18.0. The largest absolute Gasteiger partial charge is 0.314 e. The number of halogens is 1. The van der Waals surface area contributed by atoms with Gasteiger partial charge in [0.05, 0.1) is 10.9 Å². The van der Waals surface area contributed by atoms with Crippen LogP contribution in [0.4, 0.5) is 0 Å². The molecule has 25 heavy (non-hydrogen) atoms. The average Bonchev–Trinajstić information content (AvgIpc) is 2.60. The van der Waals surface area contributed by atoms with E-state index >= 15 is 0 Å². The van der Waals surface area contributed by atoms with E-state index in [0.717, 1.165) is 48.0 Å². The molecular formula is C20H28BrN3O. The summed E-state index contributed by atoms with van der Waals surface area (Å²) in [4.78, 5) is 18.1. The molecule has 2 heterocycles. The lowest BCUT2D eigenvalue weighted by molar-refractivity contribution is 0.253. The zero-order valence-corrected chi connectivity index (χ0v) is 17.0. The Bertz CT molecular complexity index is 801. The van der Waals surface area contributed by atoms with Crippen LogP contribution in [-0.2, 0) is 6.54 Å². The number of piperidine rings is 1. The summed E-state index contributed by atoms with van der Waals surface area (Å²) in [7, 11) is 0. The van der Waals surface area contributed by atoms with E-state index in [2.05, 4.69) is 35.1 Å². The summed E-state index contributed by atoms with van der Waals surface area (Å²) in [6.45, 7) is 8.26. The molecule has 136 valence electrons. The standard InChI is InChI=1S/C20H28BrN3O/c1-4-6-16(14-9-10-22-13(3)11-14)19-23-18-8-7-15(21)12-17(18)20(25)24(19)5-2/h7-8,12-14,16,22H,4-6,9-11H2,1-3H3/t13-,14-,16-/m0/s1. The Balaban J connectivity index is 2.13. The summed E-state index contributed by atoms with van der Waals surface area (Å²) in [5, 5.41) is 4.24. The molecule has 1 aliphatic rings. The van der Waals surface area contributed by atoms with Crippen LogP contribution in [0.3, 0.4) is 0 Å². The maximum Gasteiger partial charge on any atom is 0.261 e. The minimum atomic E-state index is 0.0897. The second-order valence-electron chi connectivity index (χ2n) is 7.22. The van der Waals surface area contributed by atoms with Crippen LogP contribution in [0.25, 0.3) is 10.9 Å². The maximum absolute atomic E-state index is 13.1. The second kappa shape index (κ2) is 8.00. The van der Waals surface area contributed by atoms with E-state index in [1.165, 1.54) is 0 Å². The number of nitrogens with zero attached hydrogens (tertiary/aromatic N) is 2. The first-order chi connectivity index (χ1) is 12.0. The minimum absolute atomic E-state index is 0.0897. The molecule has 1 fully saturated rings. The predicted molar refractivity (Wildman–Crippen MR) is 107 cm³/mol. The monoisotopic (exact) mass is 405 g/mol. The van der Waals surface area contributed by atoms with Crippen molar-refractivity contribution in [2.75, 3.05) is 6.54 Å². The quantitative estimate of drug-likeness (QED) is 0.798. The highest BCUT2D eigenvalue weighted by Gasteiger charge is 2.30. The third kappa shape index (κ3) is 3.82. The van der Waals surface area contributed by atoms with Gasteiger partial charge in [-0.05, 0) is 63.8 Å². The van der Waals surface area contributed by atoms with Gasteiger partial charge in [-0.1, -0.05) is 29.3 Å². The van der Waals surface area contributed by atoms with Gasteiger partial charge >= 0.3 is 0 Å². The SMILES string of the molecule is CCC[C@H](c1nc2ccc(Br)cc2c(=O)n1CC)[C@H]1CCN[C@@H](C)C1. The highest BCUT2D eigenvalue weighted by atomic mass is 79.9. The first-order valence-electron chi connectivity index (χ1n) is 9.48. The van der Waals surface area contributed by atoms with Crippen LogP contribution in [-0.4, -0.2) is 22.1 Å². The molecule has 0 bridgehead atoms. The Morgan fingerprint density at radius 1 is 1.40 bits per heavy atom. The van der Waals surface area contributed by atoms with Gasteiger partial charge in [-0.2, -0.15) is 0 Å². The summed E-state index contributed by atoms with van der Waals surface area (Å²) in [6.07, 6.45) is 4.52. The second-order valence-corrected chi connectivity index (χ2v) is 8.13. The molecule has 1 N–H and O–H groups in total. The van der Waals surface area contributed by atoms with Crippen LogP contribution >= 0.6 is 15.9 Å². The predicted octanol–water partition coefficient (Wildman–Crippen LogP) is 4.45. The van der Waals surface area contributed by atoms with Crippen molar-refractivity contribution in [3.05, 3.63) is 38.9 Å². The number of fused-ring (bicyclic) bond motifs is 1. The molecule has 0 saturated carbocycles. The molecule has 0 amide bonds. The molecule has 3 atom stereocenters. The summed E-state index contributed by atoms with van der Waals surface area (Å²) < 4.78 is 2.83. The fourth-order valence-electron chi connectivity index (χ4n) is 4.22. The van der Waals surface area contributed by atoms with E-state index in [9.17, 15) is 4.79 Å². The van der Waals surface area contributed by atoms with E-state index < -0.39 is 0 Å². The maximum atomic E-state index is 13.1. The van der Waals surface area contributed by atoms with Crippen molar-refractivity contribution in [1.29, 1.82) is 0 Å². The molecule has 1 saturated heterocycles. The zero-order valence-electron chi connectivity index (χ0n) is 15.4. The average molecular weight is 406 g/mol. The fourth-order valence-corrected chi connectivity index (χ4v) is 4.58. The Morgan fingerprint density at radius 2 is 2.20 bits per heavy atom. The van der Waals surface area contributed by atoms with Gasteiger partial charge in [0.1, 0.15) is 5.82 Å². The highest BCUT2D eigenvalue weighted by molar-refractivity contribution is 9.10. The van der Waals surface area contributed by atoms with Crippen molar-refractivity contribution in [3.8, 4) is 0 Å². The van der Waals surface area contributed by atoms with Gasteiger partial charge in [0.15, 0.2) is 0 Å². The Hall–Kier alpha value is -1.20. The van der Waals surface area contributed by atoms with Crippen LogP contribution < -0.4 is 10.9 Å². The fraction of sp³-hybridized carbons (Fsp3) is 0.600. The van der Waals surface area contributed by atoms with Crippen LogP contribution in [0, 0.1) is 5.92 Å². The number of aromatic nitrogens is 2. The minimum Gasteiger partial charge on any atom is -0.314 e. The Kier molecular flexibility index (Phi) is 5.95. The normalized spacial score (nSPS) is 22.2. The molecule has 4 nitrogen and oxygen atoms in total. The van der Waals surface area contributed by atoms with E-state index in [4.69, 9.17) is 4.98 Å². The number of hydrogen-bond acceptors (Lipinski definition) is 3. The molecular weight excluding hydrogens is 378 g/mol. The molecule has 0 radical (unpaired) electrons. The lowest BCUT2D eigenvalue weighted by Gasteiger charge is -2.34. The van der Waals surface area contributed by atoms with Gasteiger partial charge in [0.25, 0.3) is 5.56 Å². The topological polar surface area (TPSA) is 46.9 Å². The molecule has 5 heteroatoms. The first-order valence-corrected chi connectivity index (χ1v) is 10.3. The Morgan fingerprint density at radius 3 is 2.88 bits per heavy atom. The lowest BCUT2D eigenvalue weighted by Crippen LogP contribution is -2.39. The molecule has 1 aromatic carbocycles. The van der Waals surface area contributed by atoms with Crippen LogP contribution in [0.2, 0.25) is 0 Å². The molecule has 0 unspecified atom stereocenters. The van der Waals surface area contributed by atoms with Gasteiger partial charge < -0.3 is 5.32 Å².